The maximum absolute atomic E-state index is 9.82. The van der Waals surface area contributed by atoms with E-state index in [1.165, 1.54) is 17.7 Å². The largest absolute Gasteiger partial charge is 0.504 e. The van der Waals surface area contributed by atoms with Crippen molar-refractivity contribution in [1.82, 2.24) is 15.1 Å². The lowest BCUT2D eigenvalue weighted by Crippen LogP contribution is -2.24. The van der Waals surface area contributed by atoms with Crippen molar-refractivity contribution in [3.05, 3.63) is 41.2 Å². The highest BCUT2D eigenvalue weighted by Gasteiger charge is 2.22. The minimum Gasteiger partial charge on any atom is -0.504 e. The highest BCUT2D eigenvalue weighted by atomic mass is 16.5. The predicted octanol–water partition coefficient (Wildman–Crippen LogP) is 2.30. The monoisotopic (exact) mass is 287 g/mol. The van der Waals surface area contributed by atoms with Gasteiger partial charge in [0.05, 0.1) is 13.3 Å². The first-order chi connectivity index (χ1) is 10.2. The SMILES string of the molecule is COc1ccc(CNC2CCCc3c2cnn3C)cc1O. The Labute approximate surface area is 124 Å². The molecule has 1 aliphatic rings. The highest BCUT2D eigenvalue weighted by Crippen LogP contribution is 2.30. The van der Waals surface area contributed by atoms with Gasteiger partial charge < -0.3 is 15.2 Å². The summed E-state index contributed by atoms with van der Waals surface area (Å²) in [5.74, 6) is 0.688. The van der Waals surface area contributed by atoms with Crippen molar-refractivity contribution in [2.24, 2.45) is 7.05 Å². The molecule has 1 aromatic heterocycles. The summed E-state index contributed by atoms with van der Waals surface area (Å²) in [6, 6.07) is 5.85. The third kappa shape index (κ3) is 2.74. The van der Waals surface area contributed by atoms with Crippen molar-refractivity contribution in [3.63, 3.8) is 0 Å². The Kier molecular flexibility index (Phi) is 3.84. The van der Waals surface area contributed by atoms with Gasteiger partial charge in [-0.1, -0.05) is 6.07 Å². The van der Waals surface area contributed by atoms with Gasteiger partial charge in [-0.15, -0.1) is 0 Å². The summed E-state index contributed by atoms with van der Waals surface area (Å²) in [5, 5.41) is 17.8. The summed E-state index contributed by atoms with van der Waals surface area (Å²) in [6.07, 6.45) is 5.38. The molecule has 2 aromatic rings. The number of aromatic hydroxyl groups is 1. The van der Waals surface area contributed by atoms with E-state index in [9.17, 15) is 5.11 Å². The maximum atomic E-state index is 9.82. The minimum absolute atomic E-state index is 0.183. The van der Waals surface area contributed by atoms with Crippen LogP contribution in [0.15, 0.2) is 24.4 Å². The second-order valence-electron chi connectivity index (χ2n) is 5.50. The molecular formula is C16H21N3O2. The average Bonchev–Trinajstić information content (AvgIpc) is 2.87. The van der Waals surface area contributed by atoms with E-state index in [4.69, 9.17) is 4.74 Å². The molecule has 0 fully saturated rings. The molecule has 1 aromatic carbocycles. The molecule has 1 atom stereocenters. The van der Waals surface area contributed by atoms with E-state index in [1.54, 1.807) is 19.2 Å². The zero-order chi connectivity index (χ0) is 14.8. The molecule has 0 spiro atoms. The van der Waals surface area contributed by atoms with Gasteiger partial charge in [0, 0.05) is 30.9 Å². The standard InChI is InChI=1S/C16H21N3O2/c1-19-14-5-3-4-13(12(14)10-18-19)17-9-11-6-7-16(21-2)15(20)8-11/h6-8,10,13,17,20H,3-5,9H2,1-2H3. The molecule has 21 heavy (non-hydrogen) atoms. The Morgan fingerprint density at radius 2 is 2.33 bits per heavy atom. The van der Waals surface area contributed by atoms with Gasteiger partial charge in [-0.3, -0.25) is 4.68 Å². The molecule has 1 unspecified atom stereocenters. The number of hydrogen-bond donors (Lipinski definition) is 2. The van der Waals surface area contributed by atoms with E-state index < -0.39 is 0 Å². The van der Waals surface area contributed by atoms with Crippen LogP contribution in [0.25, 0.3) is 0 Å². The molecule has 5 heteroatoms. The molecule has 0 aliphatic heterocycles. The molecule has 3 rings (SSSR count). The van der Waals surface area contributed by atoms with Gasteiger partial charge >= 0.3 is 0 Å². The number of ether oxygens (including phenoxy) is 1. The Morgan fingerprint density at radius 3 is 3.10 bits per heavy atom. The number of nitrogens with zero attached hydrogens (tertiary/aromatic N) is 2. The number of nitrogens with one attached hydrogen (secondary N) is 1. The van der Waals surface area contributed by atoms with Crippen LogP contribution in [-0.2, 0) is 20.0 Å². The van der Waals surface area contributed by atoms with Crippen LogP contribution in [0.3, 0.4) is 0 Å². The van der Waals surface area contributed by atoms with E-state index in [2.05, 4.69) is 10.4 Å². The fraction of sp³-hybridized carbons (Fsp3) is 0.438. The molecule has 0 radical (unpaired) electrons. The quantitative estimate of drug-likeness (QED) is 0.906. The fourth-order valence-electron chi connectivity index (χ4n) is 3.00. The van der Waals surface area contributed by atoms with Crippen molar-refractivity contribution in [3.8, 4) is 11.5 Å². The van der Waals surface area contributed by atoms with Crippen LogP contribution in [0.1, 0.15) is 35.7 Å². The number of methoxy groups -OCH3 is 1. The smallest absolute Gasteiger partial charge is 0.160 e. The lowest BCUT2D eigenvalue weighted by molar-refractivity contribution is 0.372. The lowest BCUT2D eigenvalue weighted by Gasteiger charge is -2.24. The summed E-state index contributed by atoms with van der Waals surface area (Å²) in [4.78, 5) is 0. The zero-order valence-electron chi connectivity index (χ0n) is 12.5. The number of hydrogen-bond acceptors (Lipinski definition) is 4. The van der Waals surface area contributed by atoms with Crippen LogP contribution in [0.4, 0.5) is 0 Å². The topological polar surface area (TPSA) is 59.3 Å². The number of aromatic nitrogens is 2. The second kappa shape index (κ2) is 5.77. The van der Waals surface area contributed by atoms with Gasteiger partial charge in [0.1, 0.15) is 0 Å². The normalized spacial score (nSPS) is 17.5. The number of phenolic OH excluding ortho intramolecular Hbond substituents is 1. The Hall–Kier alpha value is -2.01. The van der Waals surface area contributed by atoms with Crippen LogP contribution < -0.4 is 10.1 Å². The molecule has 0 saturated heterocycles. The number of aryl methyl sites for hydroxylation is 1. The summed E-state index contributed by atoms with van der Waals surface area (Å²) >= 11 is 0. The third-order valence-corrected chi connectivity index (χ3v) is 4.17. The van der Waals surface area contributed by atoms with Crippen molar-refractivity contribution in [2.45, 2.75) is 31.8 Å². The molecule has 2 N–H and O–H groups in total. The van der Waals surface area contributed by atoms with E-state index in [-0.39, 0.29) is 5.75 Å². The Morgan fingerprint density at radius 1 is 1.48 bits per heavy atom. The number of fused-ring (bicyclic) bond motifs is 1. The molecule has 0 amide bonds. The predicted molar refractivity (Wildman–Crippen MR) is 80.4 cm³/mol. The maximum Gasteiger partial charge on any atom is 0.160 e. The van der Waals surface area contributed by atoms with Crippen molar-refractivity contribution in [1.29, 1.82) is 0 Å². The first-order valence-corrected chi connectivity index (χ1v) is 7.29. The van der Waals surface area contributed by atoms with Gasteiger partial charge in [0.25, 0.3) is 0 Å². The first kappa shape index (κ1) is 13.9. The Bertz CT molecular complexity index is 636. The van der Waals surface area contributed by atoms with Gasteiger partial charge in [-0.2, -0.15) is 5.10 Å². The number of benzene rings is 1. The molecule has 112 valence electrons. The van der Waals surface area contributed by atoms with Gasteiger partial charge in [0.2, 0.25) is 0 Å². The molecule has 5 nitrogen and oxygen atoms in total. The summed E-state index contributed by atoms with van der Waals surface area (Å²) in [6.45, 7) is 0.719. The van der Waals surface area contributed by atoms with Crippen molar-refractivity contribution >= 4 is 0 Å². The van der Waals surface area contributed by atoms with Crippen LogP contribution in [-0.4, -0.2) is 22.0 Å². The fourth-order valence-corrected chi connectivity index (χ4v) is 3.00. The van der Waals surface area contributed by atoms with Gasteiger partial charge in [-0.05, 0) is 37.0 Å². The molecule has 1 aliphatic carbocycles. The average molecular weight is 287 g/mol. The molecule has 1 heterocycles. The van der Waals surface area contributed by atoms with E-state index >= 15 is 0 Å². The minimum atomic E-state index is 0.183. The van der Waals surface area contributed by atoms with E-state index in [0.717, 1.165) is 24.9 Å². The molecule has 0 saturated carbocycles. The van der Waals surface area contributed by atoms with Gasteiger partial charge in [-0.25, -0.2) is 0 Å². The third-order valence-electron chi connectivity index (χ3n) is 4.17. The molecular weight excluding hydrogens is 266 g/mol. The number of rotatable bonds is 4. The van der Waals surface area contributed by atoms with Crippen LogP contribution in [0, 0.1) is 0 Å². The van der Waals surface area contributed by atoms with Crippen molar-refractivity contribution < 1.29 is 9.84 Å². The molecule has 0 bridgehead atoms. The zero-order valence-corrected chi connectivity index (χ0v) is 12.5. The van der Waals surface area contributed by atoms with Crippen LogP contribution in [0.2, 0.25) is 0 Å². The lowest BCUT2D eigenvalue weighted by atomic mass is 9.93. The van der Waals surface area contributed by atoms with Crippen LogP contribution in [0.5, 0.6) is 11.5 Å². The Balaban J connectivity index is 1.70. The van der Waals surface area contributed by atoms with E-state index in [1.807, 2.05) is 24.0 Å². The highest BCUT2D eigenvalue weighted by molar-refractivity contribution is 5.41. The second-order valence-corrected chi connectivity index (χ2v) is 5.50. The van der Waals surface area contributed by atoms with Gasteiger partial charge in [0.15, 0.2) is 11.5 Å². The first-order valence-electron chi connectivity index (χ1n) is 7.29. The summed E-state index contributed by atoms with van der Waals surface area (Å²) in [7, 11) is 3.56. The summed E-state index contributed by atoms with van der Waals surface area (Å²) in [5.41, 5.74) is 3.68. The summed E-state index contributed by atoms with van der Waals surface area (Å²) < 4.78 is 7.04. The van der Waals surface area contributed by atoms with Crippen LogP contribution >= 0.6 is 0 Å². The van der Waals surface area contributed by atoms with Crippen molar-refractivity contribution in [2.75, 3.05) is 7.11 Å². The van der Waals surface area contributed by atoms with E-state index in [0.29, 0.717) is 11.8 Å². The number of phenols is 1.